The highest BCUT2D eigenvalue weighted by Gasteiger charge is 2.31. The number of aryl methyl sites for hydroxylation is 1. The number of amides is 1. The number of pyridine rings is 1. The number of hydrogen-bond donors (Lipinski definition) is 2. The van der Waals surface area contributed by atoms with Gasteiger partial charge < -0.3 is 20.1 Å². The van der Waals surface area contributed by atoms with Gasteiger partial charge in [0.05, 0.1) is 18.9 Å². The Morgan fingerprint density at radius 3 is 2.38 bits per heavy atom. The van der Waals surface area contributed by atoms with E-state index in [1.807, 2.05) is 19.1 Å². The Balaban J connectivity index is 1.81. The van der Waals surface area contributed by atoms with Crippen LogP contribution in [0.2, 0.25) is 0 Å². The lowest BCUT2D eigenvalue weighted by Crippen LogP contribution is -2.48. The molecule has 2 aromatic heterocycles. The van der Waals surface area contributed by atoms with E-state index in [2.05, 4.69) is 25.6 Å². The summed E-state index contributed by atoms with van der Waals surface area (Å²) < 4.78 is 9.78. The molecule has 0 saturated heterocycles. The molecule has 0 aliphatic rings. The summed E-state index contributed by atoms with van der Waals surface area (Å²) in [5.41, 5.74) is 3.15. The van der Waals surface area contributed by atoms with Crippen molar-refractivity contribution in [3.8, 4) is 11.3 Å². The molecule has 34 heavy (non-hydrogen) atoms. The third-order valence-electron chi connectivity index (χ3n) is 4.68. The topological polar surface area (TPSA) is 132 Å². The predicted molar refractivity (Wildman–Crippen MR) is 124 cm³/mol. The maximum Gasteiger partial charge on any atom is 0.340 e. The lowest BCUT2D eigenvalue weighted by Gasteiger charge is -2.16. The van der Waals surface area contributed by atoms with Crippen LogP contribution in [0.25, 0.3) is 11.3 Å². The summed E-state index contributed by atoms with van der Waals surface area (Å²) in [7, 11) is 0. The number of nitrogens with one attached hydrogen (secondary N) is 2. The van der Waals surface area contributed by atoms with Crippen molar-refractivity contribution >= 4 is 29.5 Å². The van der Waals surface area contributed by atoms with Gasteiger partial charge in [-0.2, -0.15) is 0 Å². The van der Waals surface area contributed by atoms with Crippen LogP contribution in [0.15, 0.2) is 55.0 Å². The number of esters is 2. The smallest absolute Gasteiger partial charge is 0.340 e. The zero-order valence-corrected chi connectivity index (χ0v) is 19.1. The quantitative estimate of drug-likeness (QED) is 0.363. The van der Waals surface area contributed by atoms with Crippen LogP contribution in [0.3, 0.4) is 0 Å². The van der Waals surface area contributed by atoms with Crippen LogP contribution in [0, 0.1) is 6.92 Å². The fourth-order valence-electron chi connectivity index (χ4n) is 2.99. The van der Waals surface area contributed by atoms with E-state index in [4.69, 9.17) is 9.47 Å². The molecule has 1 amide bonds. The number of carbonyl (C=O) groups is 3. The molecule has 2 N–H and O–H groups in total. The summed E-state index contributed by atoms with van der Waals surface area (Å²) in [6.45, 7) is 5.17. The highest BCUT2D eigenvalue weighted by atomic mass is 16.6. The number of benzene rings is 1. The predicted octanol–water partition coefficient (Wildman–Crippen LogP) is 2.82. The molecule has 10 nitrogen and oxygen atoms in total. The minimum atomic E-state index is -1.57. The van der Waals surface area contributed by atoms with Crippen molar-refractivity contribution in [2.45, 2.75) is 26.8 Å². The van der Waals surface area contributed by atoms with Gasteiger partial charge in [0.25, 0.3) is 5.91 Å². The first-order valence-electron chi connectivity index (χ1n) is 10.7. The van der Waals surface area contributed by atoms with Gasteiger partial charge >= 0.3 is 11.9 Å². The highest BCUT2D eigenvalue weighted by molar-refractivity contribution is 6.06. The second kappa shape index (κ2) is 11.5. The summed E-state index contributed by atoms with van der Waals surface area (Å²) in [6.07, 6.45) is 5.00. The molecule has 0 saturated carbocycles. The molecule has 0 bridgehead atoms. The second-order valence-electron chi connectivity index (χ2n) is 7.07. The summed E-state index contributed by atoms with van der Waals surface area (Å²) in [6, 6.07) is 8.80. The first-order valence-corrected chi connectivity index (χ1v) is 10.7. The van der Waals surface area contributed by atoms with Crippen molar-refractivity contribution in [1.29, 1.82) is 0 Å². The van der Waals surface area contributed by atoms with Gasteiger partial charge in [-0.1, -0.05) is 6.07 Å². The first-order chi connectivity index (χ1) is 16.4. The van der Waals surface area contributed by atoms with E-state index in [9.17, 15) is 14.4 Å². The molecule has 0 aliphatic heterocycles. The number of carbonyl (C=O) groups excluding carboxylic acids is 3. The maximum absolute atomic E-state index is 12.8. The van der Waals surface area contributed by atoms with E-state index >= 15 is 0 Å². The number of ether oxygens (including phenoxy) is 2. The second-order valence-corrected chi connectivity index (χ2v) is 7.07. The van der Waals surface area contributed by atoms with Crippen LogP contribution >= 0.6 is 0 Å². The SMILES string of the molecule is CCOC(=O)C(NC(=O)c1ccc(C)c(Nc2nccc(-c3cccnc3)n2)c1)C(=O)OCC. The minimum Gasteiger partial charge on any atom is -0.464 e. The summed E-state index contributed by atoms with van der Waals surface area (Å²) in [5, 5.41) is 5.50. The van der Waals surface area contributed by atoms with E-state index in [1.165, 1.54) is 0 Å². The third kappa shape index (κ3) is 6.12. The Morgan fingerprint density at radius 1 is 1.00 bits per heavy atom. The van der Waals surface area contributed by atoms with Gasteiger partial charge in [0.1, 0.15) is 0 Å². The van der Waals surface area contributed by atoms with Gasteiger partial charge in [-0.25, -0.2) is 19.6 Å². The van der Waals surface area contributed by atoms with Crippen molar-refractivity contribution in [3.63, 3.8) is 0 Å². The van der Waals surface area contributed by atoms with Crippen LogP contribution in [0.5, 0.6) is 0 Å². The monoisotopic (exact) mass is 463 g/mol. The number of nitrogens with zero attached hydrogens (tertiary/aromatic N) is 3. The normalized spacial score (nSPS) is 10.5. The zero-order chi connectivity index (χ0) is 24.5. The molecule has 0 unspecified atom stereocenters. The van der Waals surface area contributed by atoms with E-state index in [0.717, 1.165) is 11.1 Å². The Hall–Kier alpha value is -4.34. The van der Waals surface area contributed by atoms with Gasteiger partial charge in [0.2, 0.25) is 12.0 Å². The van der Waals surface area contributed by atoms with Crippen molar-refractivity contribution in [2.75, 3.05) is 18.5 Å². The first kappa shape index (κ1) is 24.3. The summed E-state index contributed by atoms with van der Waals surface area (Å²) >= 11 is 0. The fourth-order valence-corrected chi connectivity index (χ4v) is 2.99. The average molecular weight is 463 g/mol. The van der Waals surface area contributed by atoms with E-state index in [-0.39, 0.29) is 18.8 Å². The summed E-state index contributed by atoms with van der Waals surface area (Å²) in [5.74, 6) is -2.09. The third-order valence-corrected chi connectivity index (χ3v) is 4.68. The van der Waals surface area contributed by atoms with Crippen LogP contribution in [0.4, 0.5) is 11.6 Å². The van der Waals surface area contributed by atoms with Crippen molar-refractivity contribution in [1.82, 2.24) is 20.3 Å². The highest BCUT2D eigenvalue weighted by Crippen LogP contribution is 2.22. The molecule has 0 atom stereocenters. The van der Waals surface area contributed by atoms with Crippen LogP contribution < -0.4 is 10.6 Å². The van der Waals surface area contributed by atoms with Crippen molar-refractivity contribution < 1.29 is 23.9 Å². The molecular weight excluding hydrogens is 438 g/mol. The number of hydrogen-bond acceptors (Lipinski definition) is 9. The largest absolute Gasteiger partial charge is 0.464 e. The summed E-state index contributed by atoms with van der Waals surface area (Å²) in [4.78, 5) is 50.0. The van der Waals surface area contributed by atoms with Crippen molar-refractivity contribution in [2.24, 2.45) is 0 Å². The van der Waals surface area contributed by atoms with Gasteiger partial charge in [0.15, 0.2) is 0 Å². The molecule has 3 aromatic rings. The average Bonchev–Trinajstić information content (AvgIpc) is 2.84. The molecule has 0 aliphatic carbocycles. The number of rotatable bonds is 9. The molecular formula is C24H25N5O5. The van der Waals surface area contributed by atoms with E-state index < -0.39 is 23.9 Å². The standard InChI is InChI=1S/C24H25N5O5/c1-4-33-22(31)20(23(32)34-5-2)29-21(30)16-9-8-15(3)19(13-16)28-24-26-12-10-18(27-24)17-7-6-11-25-14-17/h6-14,20H,4-5H2,1-3H3,(H,29,30)(H,26,27,28). The molecule has 3 rings (SSSR count). The Kier molecular flexibility index (Phi) is 8.22. The Labute approximate surface area is 196 Å². The zero-order valence-electron chi connectivity index (χ0n) is 19.1. The number of anilines is 2. The lowest BCUT2D eigenvalue weighted by molar-refractivity contribution is -0.157. The molecule has 2 heterocycles. The Morgan fingerprint density at radius 2 is 1.74 bits per heavy atom. The van der Waals surface area contributed by atoms with Crippen LogP contribution in [0.1, 0.15) is 29.8 Å². The van der Waals surface area contributed by atoms with Crippen molar-refractivity contribution in [3.05, 3.63) is 66.1 Å². The maximum atomic E-state index is 12.8. The van der Waals surface area contributed by atoms with Crippen LogP contribution in [-0.4, -0.2) is 52.1 Å². The van der Waals surface area contributed by atoms with Crippen LogP contribution in [-0.2, 0) is 19.1 Å². The number of aromatic nitrogens is 3. The molecule has 10 heteroatoms. The molecule has 176 valence electrons. The lowest BCUT2D eigenvalue weighted by atomic mass is 10.1. The molecule has 1 aromatic carbocycles. The van der Waals surface area contributed by atoms with E-state index in [0.29, 0.717) is 17.3 Å². The van der Waals surface area contributed by atoms with Gasteiger partial charge in [-0.15, -0.1) is 0 Å². The molecule has 0 fully saturated rings. The van der Waals surface area contributed by atoms with E-state index in [1.54, 1.807) is 56.7 Å². The van der Waals surface area contributed by atoms with Gasteiger partial charge in [-0.05, 0) is 56.7 Å². The van der Waals surface area contributed by atoms with Gasteiger partial charge in [0, 0.05) is 35.4 Å². The fraction of sp³-hybridized carbons (Fsp3) is 0.250. The molecule has 0 spiro atoms. The molecule has 0 radical (unpaired) electrons. The van der Waals surface area contributed by atoms with Gasteiger partial charge in [-0.3, -0.25) is 9.78 Å². The Bertz CT molecular complexity index is 1150. The minimum absolute atomic E-state index is 0.0569.